The van der Waals surface area contributed by atoms with Crippen LogP contribution in [0.4, 0.5) is 5.69 Å². The summed E-state index contributed by atoms with van der Waals surface area (Å²) in [5, 5.41) is 2.64. The lowest BCUT2D eigenvalue weighted by Crippen LogP contribution is -2.07. The molecule has 0 radical (unpaired) electrons. The summed E-state index contributed by atoms with van der Waals surface area (Å²) in [5.41, 5.74) is 7.90. The van der Waals surface area contributed by atoms with E-state index in [0.717, 1.165) is 16.3 Å². The van der Waals surface area contributed by atoms with Crippen molar-refractivity contribution in [2.45, 2.75) is 6.42 Å². The third-order valence-corrected chi connectivity index (χ3v) is 3.90. The number of hydrogen-bond donors (Lipinski definition) is 1. The molecule has 104 valence electrons. The van der Waals surface area contributed by atoms with Crippen molar-refractivity contribution >= 4 is 33.8 Å². The Morgan fingerprint density at radius 1 is 0.952 bits per heavy atom. The first-order valence-corrected chi connectivity index (χ1v) is 7.08. The second-order valence-electron chi connectivity index (χ2n) is 4.98. The zero-order chi connectivity index (χ0) is 14.8. The molecule has 0 aliphatic rings. The SMILES string of the molecule is Nc1cc2ccccc2cc1C(=O)Cc1ccccc1Cl. The van der Waals surface area contributed by atoms with Crippen LogP contribution in [0.5, 0.6) is 0 Å². The van der Waals surface area contributed by atoms with E-state index in [-0.39, 0.29) is 12.2 Å². The first-order chi connectivity index (χ1) is 10.1. The van der Waals surface area contributed by atoms with Crippen molar-refractivity contribution < 1.29 is 4.79 Å². The van der Waals surface area contributed by atoms with Gasteiger partial charge in [0.25, 0.3) is 0 Å². The molecule has 0 amide bonds. The van der Waals surface area contributed by atoms with Crippen LogP contribution < -0.4 is 5.73 Å². The Morgan fingerprint density at radius 3 is 2.29 bits per heavy atom. The summed E-state index contributed by atoms with van der Waals surface area (Å²) in [6, 6.07) is 18.9. The number of benzene rings is 3. The van der Waals surface area contributed by atoms with Crippen LogP contribution in [0.3, 0.4) is 0 Å². The third kappa shape index (κ3) is 2.76. The number of fused-ring (bicyclic) bond motifs is 1. The van der Waals surface area contributed by atoms with Gasteiger partial charge in [-0.05, 0) is 34.5 Å². The molecule has 21 heavy (non-hydrogen) atoms. The van der Waals surface area contributed by atoms with Gasteiger partial charge < -0.3 is 5.73 Å². The number of nitrogen functional groups attached to an aromatic ring is 1. The maximum atomic E-state index is 12.5. The maximum absolute atomic E-state index is 12.5. The first kappa shape index (κ1) is 13.7. The van der Waals surface area contributed by atoms with Gasteiger partial charge in [0.15, 0.2) is 5.78 Å². The van der Waals surface area contributed by atoms with E-state index >= 15 is 0 Å². The van der Waals surface area contributed by atoms with Gasteiger partial charge in [-0.15, -0.1) is 0 Å². The molecule has 3 rings (SSSR count). The number of carbonyl (C=O) groups is 1. The van der Waals surface area contributed by atoms with Crippen molar-refractivity contribution in [1.82, 2.24) is 0 Å². The van der Waals surface area contributed by atoms with E-state index in [1.165, 1.54) is 0 Å². The number of nitrogens with two attached hydrogens (primary N) is 1. The van der Waals surface area contributed by atoms with Crippen LogP contribution in [-0.2, 0) is 6.42 Å². The van der Waals surface area contributed by atoms with Gasteiger partial charge in [-0.2, -0.15) is 0 Å². The Bertz CT molecular complexity index is 826. The number of rotatable bonds is 3. The molecule has 0 aliphatic heterocycles. The molecule has 0 unspecified atom stereocenters. The molecule has 0 aliphatic carbocycles. The van der Waals surface area contributed by atoms with E-state index in [1.54, 1.807) is 6.07 Å². The number of Topliss-reactive ketones (excluding diaryl/α,β-unsaturated/α-hetero) is 1. The molecule has 0 aromatic heterocycles. The molecular weight excluding hydrogens is 282 g/mol. The monoisotopic (exact) mass is 295 g/mol. The van der Waals surface area contributed by atoms with E-state index in [2.05, 4.69) is 0 Å². The molecule has 0 saturated carbocycles. The van der Waals surface area contributed by atoms with Crippen LogP contribution in [0.1, 0.15) is 15.9 Å². The van der Waals surface area contributed by atoms with Crippen LogP contribution in [0.2, 0.25) is 5.02 Å². The zero-order valence-electron chi connectivity index (χ0n) is 11.3. The van der Waals surface area contributed by atoms with Gasteiger partial charge in [-0.3, -0.25) is 4.79 Å². The van der Waals surface area contributed by atoms with Gasteiger partial charge in [0.2, 0.25) is 0 Å². The molecule has 2 N–H and O–H groups in total. The Labute approximate surface area is 128 Å². The van der Waals surface area contributed by atoms with Crippen molar-refractivity contribution in [3.63, 3.8) is 0 Å². The highest BCUT2D eigenvalue weighted by atomic mass is 35.5. The number of hydrogen-bond acceptors (Lipinski definition) is 2. The highest BCUT2D eigenvalue weighted by Gasteiger charge is 2.13. The van der Waals surface area contributed by atoms with Crippen LogP contribution in [0.15, 0.2) is 60.7 Å². The average molecular weight is 296 g/mol. The van der Waals surface area contributed by atoms with Gasteiger partial charge in [0.05, 0.1) is 0 Å². The summed E-state index contributed by atoms with van der Waals surface area (Å²) >= 11 is 6.11. The molecule has 0 atom stereocenters. The summed E-state index contributed by atoms with van der Waals surface area (Å²) in [6.07, 6.45) is 0.252. The van der Waals surface area contributed by atoms with Crippen LogP contribution in [0, 0.1) is 0 Å². The fourth-order valence-corrected chi connectivity index (χ4v) is 2.61. The van der Waals surface area contributed by atoms with Gasteiger partial charge in [0, 0.05) is 22.7 Å². The maximum Gasteiger partial charge on any atom is 0.169 e. The normalized spacial score (nSPS) is 10.7. The average Bonchev–Trinajstić information content (AvgIpc) is 2.49. The molecular formula is C18H14ClNO. The molecule has 0 saturated heterocycles. The molecule has 3 aromatic rings. The van der Waals surface area contributed by atoms with Crippen molar-refractivity contribution in [3.05, 3.63) is 76.8 Å². The summed E-state index contributed by atoms with van der Waals surface area (Å²) in [7, 11) is 0. The van der Waals surface area contributed by atoms with Crippen LogP contribution in [0.25, 0.3) is 10.8 Å². The van der Waals surface area contributed by atoms with Gasteiger partial charge in [-0.1, -0.05) is 54.1 Å². The molecule has 0 bridgehead atoms. The lowest BCUT2D eigenvalue weighted by atomic mass is 9.98. The highest BCUT2D eigenvalue weighted by molar-refractivity contribution is 6.31. The number of ketones is 1. The minimum atomic E-state index is -0.0219. The van der Waals surface area contributed by atoms with Crippen molar-refractivity contribution in [2.75, 3.05) is 5.73 Å². The van der Waals surface area contributed by atoms with Crippen molar-refractivity contribution in [3.8, 4) is 0 Å². The molecule has 3 aromatic carbocycles. The van der Waals surface area contributed by atoms with E-state index in [9.17, 15) is 4.79 Å². The smallest absolute Gasteiger partial charge is 0.169 e. The zero-order valence-corrected chi connectivity index (χ0v) is 12.1. The molecule has 0 fully saturated rings. The van der Waals surface area contributed by atoms with Crippen molar-refractivity contribution in [2.24, 2.45) is 0 Å². The molecule has 0 spiro atoms. The summed E-state index contributed by atoms with van der Waals surface area (Å²) in [6.45, 7) is 0. The fourth-order valence-electron chi connectivity index (χ4n) is 2.41. The quantitative estimate of drug-likeness (QED) is 0.571. The first-order valence-electron chi connectivity index (χ1n) is 6.70. The fraction of sp³-hybridized carbons (Fsp3) is 0.0556. The third-order valence-electron chi connectivity index (χ3n) is 3.53. The molecule has 0 heterocycles. The predicted octanol–water partition coefficient (Wildman–Crippen LogP) is 4.50. The van der Waals surface area contributed by atoms with E-state index in [4.69, 9.17) is 17.3 Å². The van der Waals surface area contributed by atoms with Gasteiger partial charge in [0.1, 0.15) is 0 Å². The summed E-state index contributed by atoms with van der Waals surface area (Å²) in [5.74, 6) is -0.0219. The van der Waals surface area contributed by atoms with Gasteiger partial charge >= 0.3 is 0 Å². The number of anilines is 1. The van der Waals surface area contributed by atoms with Crippen LogP contribution >= 0.6 is 11.6 Å². The lowest BCUT2D eigenvalue weighted by molar-refractivity contribution is 0.0994. The minimum Gasteiger partial charge on any atom is -0.398 e. The van der Waals surface area contributed by atoms with E-state index in [1.807, 2.05) is 54.6 Å². The summed E-state index contributed by atoms with van der Waals surface area (Å²) < 4.78 is 0. The largest absolute Gasteiger partial charge is 0.398 e. The number of carbonyl (C=O) groups excluding carboxylic acids is 1. The van der Waals surface area contributed by atoms with E-state index in [0.29, 0.717) is 16.3 Å². The Kier molecular flexibility index (Phi) is 3.63. The second kappa shape index (κ2) is 5.58. The van der Waals surface area contributed by atoms with Crippen LogP contribution in [-0.4, -0.2) is 5.78 Å². The summed E-state index contributed by atoms with van der Waals surface area (Å²) in [4.78, 5) is 12.5. The molecule has 3 heteroatoms. The molecule has 2 nitrogen and oxygen atoms in total. The Hall–Kier alpha value is -2.32. The second-order valence-corrected chi connectivity index (χ2v) is 5.39. The Morgan fingerprint density at radius 2 is 1.57 bits per heavy atom. The van der Waals surface area contributed by atoms with E-state index < -0.39 is 0 Å². The predicted molar refractivity (Wildman–Crippen MR) is 87.8 cm³/mol. The lowest BCUT2D eigenvalue weighted by Gasteiger charge is -2.08. The minimum absolute atomic E-state index is 0.0219. The highest BCUT2D eigenvalue weighted by Crippen LogP contribution is 2.24. The standard InChI is InChI=1S/C18H14ClNO/c19-16-8-4-3-7-14(16)11-18(21)15-9-12-5-1-2-6-13(12)10-17(15)20/h1-10H,11,20H2. The Balaban J connectivity index is 1.98. The van der Waals surface area contributed by atoms with Gasteiger partial charge in [-0.25, -0.2) is 0 Å². The topological polar surface area (TPSA) is 43.1 Å². The van der Waals surface area contributed by atoms with Crippen molar-refractivity contribution in [1.29, 1.82) is 0 Å². The number of halogens is 1.